The third-order valence-electron chi connectivity index (χ3n) is 3.76. The summed E-state index contributed by atoms with van der Waals surface area (Å²) in [6.45, 7) is 0. The van der Waals surface area contributed by atoms with Gasteiger partial charge in [-0.05, 0) is 37.3 Å². The minimum absolute atomic E-state index is 0.403. The van der Waals surface area contributed by atoms with Gasteiger partial charge in [0.25, 0.3) is 0 Å². The number of methoxy groups -OCH3 is 2. The van der Waals surface area contributed by atoms with Gasteiger partial charge in [0, 0.05) is 11.6 Å². The first-order valence-corrected chi connectivity index (χ1v) is 8.77. The van der Waals surface area contributed by atoms with Gasteiger partial charge in [-0.1, -0.05) is 11.8 Å². The molecule has 24 heavy (non-hydrogen) atoms. The summed E-state index contributed by atoms with van der Waals surface area (Å²) in [5.41, 5.74) is 1.84. The SMILES string of the molecule is COc1ccc(-c2nc(SC)nc(NC3CC3)c2C#N)cc1OC. The molecule has 1 aliphatic carbocycles. The molecule has 3 rings (SSSR count). The van der Waals surface area contributed by atoms with Crippen molar-refractivity contribution in [1.82, 2.24) is 9.97 Å². The van der Waals surface area contributed by atoms with Crippen LogP contribution in [0.1, 0.15) is 18.4 Å². The van der Waals surface area contributed by atoms with Crippen LogP contribution in [0.5, 0.6) is 11.5 Å². The van der Waals surface area contributed by atoms with Crippen LogP contribution >= 0.6 is 11.8 Å². The van der Waals surface area contributed by atoms with Crippen molar-refractivity contribution in [2.24, 2.45) is 0 Å². The molecule has 0 bridgehead atoms. The molecule has 0 unspecified atom stereocenters. The van der Waals surface area contributed by atoms with Crippen LogP contribution in [0, 0.1) is 11.3 Å². The number of hydrogen-bond acceptors (Lipinski definition) is 7. The molecule has 1 heterocycles. The summed E-state index contributed by atoms with van der Waals surface area (Å²) in [5.74, 6) is 1.83. The first kappa shape index (κ1) is 16.4. The number of benzene rings is 1. The molecule has 1 aliphatic rings. The molecule has 0 saturated heterocycles. The Balaban J connectivity index is 2.13. The zero-order valence-corrected chi connectivity index (χ0v) is 14.6. The monoisotopic (exact) mass is 342 g/mol. The fraction of sp³-hybridized carbons (Fsp3) is 0.353. The summed E-state index contributed by atoms with van der Waals surface area (Å²) in [6.07, 6.45) is 4.13. The summed E-state index contributed by atoms with van der Waals surface area (Å²) in [7, 11) is 3.17. The van der Waals surface area contributed by atoms with Crippen LogP contribution in [-0.4, -0.2) is 36.5 Å². The van der Waals surface area contributed by atoms with E-state index in [0.717, 1.165) is 18.4 Å². The van der Waals surface area contributed by atoms with Crippen LogP contribution in [0.4, 0.5) is 5.82 Å². The standard InChI is InChI=1S/C17H18N4O2S/c1-22-13-7-4-10(8-14(13)23-2)15-12(9-18)16(19-11-5-6-11)21-17(20-15)24-3/h4,7-8,11H,5-6H2,1-3H3,(H,19,20,21). The van der Waals surface area contributed by atoms with Crippen molar-refractivity contribution in [3.63, 3.8) is 0 Å². The maximum absolute atomic E-state index is 9.65. The van der Waals surface area contributed by atoms with Gasteiger partial charge >= 0.3 is 0 Å². The minimum Gasteiger partial charge on any atom is -0.493 e. The van der Waals surface area contributed by atoms with Crippen LogP contribution in [-0.2, 0) is 0 Å². The third kappa shape index (κ3) is 3.24. The molecule has 2 aromatic rings. The molecule has 1 fully saturated rings. The van der Waals surface area contributed by atoms with Gasteiger partial charge in [-0.25, -0.2) is 9.97 Å². The lowest BCUT2D eigenvalue weighted by Gasteiger charge is -2.13. The molecule has 1 N–H and O–H groups in total. The minimum atomic E-state index is 0.403. The molecule has 7 heteroatoms. The van der Waals surface area contributed by atoms with E-state index >= 15 is 0 Å². The molecule has 6 nitrogen and oxygen atoms in total. The van der Waals surface area contributed by atoms with Gasteiger partial charge in [0.1, 0.15) is 17.5 Å². The lowest BCUT2D eigenvalue weighted by atomic mass is 10.1. The Morgan fingerprint density at radius 2 is 1.96 bits per heavy atom. The molecule has 124 valence electrons. The zero-order chi connectivity index (χ0) is 17.1. The summed E-state index contributed by atoms with van der Waals surface area (Å²) in [5, 5.41) is 13.6. The Hall–Kier alpha value is -2.46. The molecule has 1 aromatic heterocycles. The van der Waals surface area contributed by atoms with E-state index in [1.54, 1.807) is 14.2 Å². The zero-order valence-electron chi connectivity index (χ0n) is 13.8. The number of hydrogen-bond donors (Lipinski definition) is 1. The molecule has 0 amide bonds. The highest BCUT2D eigenvalue weighted by atomic mass is 32.2. The molecule has 1 saturated carbocycles. The number of nitriles is 1. The number of ether oxygens (including phenoxy) is 2. The van der Waals surface area contributed by atoms with Crippen molar-refractivity contribution >= 4 is 17.6 Å². The topological polar surface area (TPSA) is 80.1 Å². The maximum Gasteiger partial charge on any atom is 0.189 e. The fourth-order valence-electron chi connectivity index (χ4n) is 2.36. The van der Waals surface area contributed by atoms with E-state index < -0.39 is 0 Å². The van der Waals surface area contributed by atoms with E-state index in [2.05, 4.69) is 21.4 Å². The van der Waals surface area contributed by atoms with Crippen LogP contribution in [0.15, 0.2) is 23.4 Å². The quantitative estimate of drug-likeness (QED) is 0.637. The van der Waals surface area contributed by atoms with Crippen molar-refractivity contribution in [3.05, 3.63) is 23.8 Å². The average Bonchev–Trinajstić information content (AvgIpc) is 3.44. The maximum atomic E-state index is 9.65. The van der Waals surface area contributed by atoms with E-state index in [-0.39, 0.29) is 0 Å². The summed E-state index contributed by atoms with van der Waals surface area (Å²) in [6, 6.07) is 8.15. The highest BCUT2D eigenvalue weighted by Crippen LogP contribution is 2.36. The van der Waals surface area contributed by atoms with Gasteiger partial charge in [0.15, 0.2) is 16.7 Å². The number of anilines is 1. The van der Waals surface area contributed by atoms with E-state index in [0.29, 0.717) is 39.8 Å². The summed E-state index contributed by atoms with van der Waals surface area (Å²) in [4.78, 5) is 9.01. The molecule has 0 spiro atoms. The Morgan fingerprint density at radius 3 is 2.54 bits per heavy atom. The number of nitrogens with zero attached hydrogens (tertiary/aromatic N) is 3. The largest absolute Gasteiger partial charge is 0.493 e. The number of aromatic nitrogens is 2. The van der Waals surface area contributed by atoms with Crippen molar-refractivity contribution in [1.29, 1.82) is 5.26 Å². The predicted octanol–water partition coefficient (Wildman–Crippen LogP) is 3.33. The van der Waals surface area contributed by atoms with Crippen LogP contribution < -0.4 is 14.8 Å². The summed E-state index contributed by atoms with van der Waals surface area (Å²) < 4.78 is 10.6. The van der Waals surface area contributed by atoms with E-state index in [1.165, 1.54) is 11.8 Å². The molecule has 1 aromatic carbocycles. The normalized spacial score (nSPS) is 13.2. The summed E-state index contributed by atoms with van der Waals surface area (Å²) >= 11 is 1.45. The molecule has 0 radical (unpaired) electrons. The first-order valence-electron chi connectivity index (χ1n) is 7.55. The number of nitrogens with one attached hydrogen (secondary N) is 1. The van der Waals surface area contributed by atoms with Crippen LogP contribution in [0.2, 0.25) is 0 Å². The lowest BCUT2D eigenvalue weighted by molar-refractivity contribution is 0.355. The highest BCUT2D eigenvalue weighted by molar-refractivity contribution is 7.98. The Labute approximate surface area is 145 Å². The van der Waals surface area contributed by atoms with Crippen molar-refractivity contribution in [3.8, 4) is 28.8 Å². The van der Waals surface area contributed by atoms with Gasteiger partial charge < -0.3 is 14.8 Å². The smallest absolute Gasteiger partial charge is 0.189 e. The second-order valence-electron chi connectivity index (χ2n) is 5.38. The van der Waals surface area contributed by atoms with Gasteiger partial charge in [0.05, 0.1) is 19.9 Å². The Kier molecular flexibility index (Phi) is 4.76. The second-order valence-corrected chi connectivity index (χ2v) is 6.16. The predicted molar refractivity (Wildman–Crippen MR) is 93.7 cm³/mol. The number of rotatable bonds is 6. The van der Waals surface area contributed by atoms with Crippen molar-refractivity contribution in [2.75, 3.05) is 25.8 Å². The van der Waals surface area contributed by atoms with Gasteiger partial charge in [-0.2, -0.15) is 5.26 Å². The third-order valence-corrected chi connectivity index (χ3v) is 4.31. The lowest BCUT2D eigenvalue weighted by Crippen LogP contribution is -2.08. The molecule has 0 aliphatic heterocycles. The van der Waals surface area contributed by atoms with Crippen LogP contribution in [0.25, 0.3) is 11.3 Å². The van der Waals surface area contributed by atoms with E-state index in [1.807, 2.05) is 24.5 Å². The van der Waals surface area contributed by atoms with Gasteiger partial charge in [-0.3, -0.25) is 0 Å². The van der Waals surface area contributed by atoms with E-state index in [4.69, 9.17) is 9.47 Å². The number of thioether (sulfide) groups is 1. The molecule has 0 atom stereocenters. The fourth-order valence-corrected chi connectivity index (χ4v) is 2.72. The molecular weight excluding hydrogens is 324 g/mol. The van der Waals surface area contributed by atoms with Crippen molar-refractivity contribution in [2.45, 2.75) is 24.0 Å². The van der Waals surface area contributed by atoms with Gasteiger partial charge in [0.2, 0.25) is 0 Å². The first-order chi connectivity index (χ1) is 11.7. The Morgan fingerprint density at radius 1 is 1.21 bits per heavy atom. The van der Waals surface area contributed by atoms with Crippen molar-refractivity contribution < 1.29 is 9.47 Å². The second kappa shape index (κ2) is 6.97. The molecular formula is C17H18N4O2S. The highest BCUT2D eigenvalue weighted by Gasteiger charge is 2.25. The average molecular weight is 342 g/mol. The van der Waals surface area contributed by atoms with Crippen LogP contribution in [0.3, 0.4) is 0 Å². The Bertz CT molecular complexity index is 800. The van der Waals surface area contributed by atoms with E-state index in [9.17, 15) is 5.26 Å². The van der Waals surface area contributed by atoms with Gasteiger partial charge in [-0.15, -0.1) is 0 Å².